The quantitative estimate of drug-likeness (QED) is 0.279. The third-order valence-corrected chi connectivity index (χ3v) is 6.55. The second kappa shape index (κ2) is 11.5. The molecule has 7 nitrogen and oxygen atoms in total. The smallest absolute Gasteiger partial charge is 0.266 e. The fourth-order valence-electron chi connectivity index (χ4n) is 4.34. The number of aromatic nitrogens is 2. The summed E-state index contributed by atoms with van der Waals surface area (Å²) in [6.07, 6.45) is 0.531. The Morgan fingerprint density at radius 3 is 2.53 bits per heavy atom. The average Bonchev–Trinajstić information content (AvgIpc) is 2.90. The second-order valence-corrected chi connectivity index (χ2v) is 9.14. The van der Waals surface area contributed by atoms with Crippen LogP contribution in [0.1, 0.15) is 35.6 Å². The van der Waals surface area contributed by atoms with Crippen molar-refractivity contribution in [2.75, 3.05) is 27.4 Å². The van der Waals surface area contributed by atoms with E-state index >= 15 is 0 Å². The molecule has 0 N–H and O–H groups in total. The standard InChI is InChI=1S/C28H28BrN3O4/c1-4-23(31(16-17-35-2)27(33)19-10-9-11-20(29)18-19)26-30-22-13-6-5-12-21(22)28(34)32(26)24-14-7-8-15-25(24)36-3/h5-15,18,23H,4,16-17H2,1-3H3. The van der Waals surface area contributed by atoms with Gasteiger partial charge in [-0.1, -0.05) is 53.2 Å². The van der Waals surface area contributed by atoms with Crippen LogP contribution < -0.4 is 10.3 Å². The summed E-state index contributed by atoms with van der Waals surface area (Å²) in [6, 6.07) is 21.3. The minimum atomic E-state index is -0.506. The van der Waals surface area contributed by atoms with E-state index in [9.17, 15) is 9.59 Å². The molecule has 3 aromatic carbocycles. The van der Waals surface area contributed by atoms with Gasteiger partial charge >= 0.3 is 0 Å². The number of rotatable bonds is 9. The van der Waals surface area contributed by atoms with Gasteiger partial charge in [-0.05, 0) is 48.9 Å². The molecule has 0 aliphatic heterocycles. The van der Waals surface area contributed by atoms with E-state index in [2.05, 4.69) is 15.9 Å². The van der Waals surface area contributed by atoms with Gasteiger partial charge in [0.25, 0.3) is 11.5 Å². The van der Waals surface area contributed by atoms with E-state index in [4.69, 9.17) is 14.5 Å². The Bertz CT molecular complexity index is 1440. The van der Waals surface area contributed by atoms with E-state index in [1.165, 1.54) is 0 Å². The Morgan fingerprint density at radius 1 is 1.06 bits per heavy atom. The summed E-state index contributed by atoms with van der Waals surface area (Å²) in [5.74, 6) is 0.828. The summed E-state index contributed by atoms with van der Waals surface area (Å²) in [7, 11) is 3.17. The van der Waals surface area contributed by atoms with E-state index in [-0.39, 0.29) is 11.5 Å². The Hall–Kier alpha value is -3.49. The number of ether oxygens (including phenoxy) is 2. The Kier molecular flexibility index (Phi) is 8.18. The molecule has 0 spiro atoms. The van der Waals surface area contributed by atoms with Crippen molar-refractivity contribution in [3.05, 3.63) is 99.0 Å². The molecule has 8 heteroatoms. The van der Waals surface area contributed by atoms with Crippen LogP contribution in [0.25, 0.3) is 16.6 Å². The summed E-state index contributed by atoms with van der Waals surface area (Å²) >= 11 is 3.46. The van der Waals surface area contributed by atoms with Crippen LogP contribution in [0.15, 0.2) is 82.1 Å². The molecule has 1 aromatic heterocycles. The SMILES string of the molecule is CCC(c1nc2ccccc2c(=O)n1-c1ccccc1OC)N(CCOC)C(=O)c1cccc(Br)c1. The first kappa shape index (κ1) is 25.6. The highest BCUT2D eigenvalue weighted by molar-refractivity contribution is 9.10. The molecule has 0 fully saturated rings. The molecule has 0 radical (unpaired) electrons. The van der Waals surface area contributed by atoms with Crippen LogP contribution in [0.2, 0.25) is 0 Å². The van der Waals surface area contributed by atoms with Gasteiger partial charge in [-0.25, -0.2) is 4.98 Å². The van der Waals surface area contributed by atoms with Crippen molar-refractivity contribution in [2.45, 2.75) is 19.4 Å². The lowest BCUT2D eigenvalue weighted by molar-refractivity contribution is 0.0579. The average molecular weight is 550 g/mol. The zero-order chi connectivity index (χ0) is 25.7. The maximum atomic E-state index is 13.9. The van der Waals surface area contributed by atoms with Gasteiger partial charge in [-0.2, -0.15) is 0 Å². The van der Waals surface area contributed by atoms with Crippen molar-refractivity contribution in [2.24, 2.45) is 0 Å². The highest BCUT2D eigenvalue weighted by atomic mass is 79.9. The molecule has 0 aliphatic carbocycles. The lowest BCUT2D eigenvalue weighted by Gasteiger charge is -2.32. The molecule has 1 heterocycles. The van der Waals surface area contributed by atoms with Crippen LogP contribution in [-0.2, 0) is 4.74 Å². The van der Waals surface area contributed by atoms with Crippen molar-refractivity contribution >= 4 is 32.7 Å². The van der Waals surface area contributed by atoms with Crippen molar-refractivity contribution < 1.29 is 14.3 Å². The fourth-order valence-corrected chi connectivity index (χ4v) is 4.74. The normalized spacial score (nSPS) is 11.9. The summed E-state index contributed by atoms with van der Waals surface area (Å²) < 4.78 is 13.3. The molecule has 1 unspecified atom stereocenters. The van der Waals surface area contributed by atoms with Crippen LogP contribution in [0, 0.1) is 0 Å². The highest BCUT2D eigenvalue weighted by Gasteiger charge is 2.30. The maximum Gasteiger partial charge on any atom is 0.266 e. The van der Waals surface area contributed by atoms with Gasteiger partial charge in [0.2, 0.25) is 0 Å². The molecule has 1 amide bonds. The number of fused-ring (bicyclic) bond motifs is 1. The zero-order valence-corrected chi connectivity index (χ0v) is 22.1. The number of halogens is 1. The number of hydrogen-bond acceptors (Lipinski definition) is 5. The van der Waals surface area contributed by atoms with E-state index < -0.39 is 6.04 Å². The molecule has 4 aromatic rings. The molecule has 0 saturated heterocycles. The molecule has 36 heavy (non-hydrogen) atoms. The number of methoxy groups -OCH3 is 2. The second-order valence-electron chi connectivity index (χ2n) is 8.23. The lowest BCUT2D eigenvalue weighted by atomic mass is 10.1. The van der Waals surface area contributed by atoms with Crippen molar-refractivity contribution in [1.82, 2.24) is 14.5 Å². The number of nitrogens with zero attached hydrogens (tertiary/aromatic N) is 3. The first-order valence-corrected chi connectivity index (χ1v) is 12.5. The van der Waals surface area contributed by atoms with E-state index in [1.54, 1.807) is 48.0 Å². The van der Waals surface area contributed by atoms with Crippen LogP contribution in [0.4, 0.5) is 0 Å². The highest BCUT2D eigenvalue weighted by Crippen LogP contribution is 2.30. The third kappa shape index (κ3) is 5.05. The van der Waals surface area contributed by atoms with Gasteiger partial charge < -0.3 is 14.4 Å². The predicted octanol–water partition coefficient (Wildman–Crippen LogP) is 5.40. The van der Waals surface area contributed by atoms with Gasteiger partial charge in [0.15, 0.2) is 0 Å². The molecule has 0 aliphatic rings. The Labute approximate surface area is 218 Å². The molecule has 186 valence electrons. The summed E-state index contributed by atoms with van der Waals surface area (Å²) in [5.41, 5.74) is 1.45. The number of amides is 1. The van der Waals surface area contributed by atoms with Crippen molar-refractivity contribution in [1.29, 1.82) is 0 Å². The van der Waals surface area contributed by atoms with Gasteiger partial charge in [-0.15, -0.1) is 0 Å². The molecule has 0 bridgehead atoms. The van der Waals surface area contributed by atoms with Crippen LogP contribution in [0.5, 0.6) is 5.75 Å². The molecule has 1 atom stereocenters. The van der Waals surface area contributed by atoms with Crippen LogP contribution >= 0.6 is 15.9 Å². The van der Waals surface area contributed by atoms with Gasteiger partial charge in [0.05, 0.1) is 36.3 Å². The van der Waals surface area contributed by atoms with Gasteiger partial charge in [0, 0.05) is 23.7 Å². The predicted molar refractivity (Wildman–Crippen MR) is 144 cm³/mol. The molecular weight excluding hydrogens is 522 g/mol. The molecule has 0 saturated carbocycles. The number of carbonyl (C=O) groups excluding carboxylic acids is 1. The Morgan fingerprint density at radius 2 is 1.81 bits per heavy atom. The fraction of sp³-hybridized carbons (Fsp3) is 0.250. The zero-order valence-electron chi connectivity index (χ0n) is 20.5. The number of benzene rings is 3. The van der Waals surface area contributed by atoms with E-state index in [1.807, 2.05) is 55.5 Å². The first-order chi connectivity index (χ1) is 17.5. The lowest BCUT2D eigenvalue weighted by Crippen LogP contribution is -2.40. The minimum absolute atomic E-state index is 0.172. The minimum Gasteiger partial charge on any atom is -0.495 e. The summed E-state index contributed by atoms with van der Waals surface area (Å²) in [5, 5.41) is 0.490. The monoisotopic (exact) mass is 549 g/mol. The third-order valence-electron chi connectivity index (χ3n) is 6.06. The van der Waals surface area contributed by atoms with Crippen LogP contribution in [-0.4, -0.2) is 47.7 Å². The number of carbonyl (C=O) groups is 1. The van der Waals surface area contributed by atoms with Crippen LogP contribution in [0.3, 0.4) is 0 Å². The largest absolute Gasteiger partial charge is 0.495 e. The van der Waals surface area contributed by atoms with Crippen molar-refractivity contribution in [3.63, 3.8) is 0 Å². The molecular formula is C28H28BrN3O4. The summed E-state index contributed by atoms with van der Waals surface area (Å²) in [6.45, 7) is 2.64. The first-order valence-electron chi connectivity index (χ1n) is 11.7. The van der Waals surface area contributed by atoms with E-state index in [0.717, 1.165) is 4.47 Å². The summed E-state index contributed by atoms with van der Waals surface area (Å²) in [4.78, 5) is 34.4. The van der Waals surface area contributed by atoms with Gasteiger partial charge in [-0.3, -0.25) is 14.2 Å². The maximum absolute atomic E-state index is 13.9. The molecule has 4 rings (SSSR count). The van der Waals surface area contributed by atoms with Gasteiger partial charge in [0.1, 0.15) is 11.6 Å². The topological polar surface area (TPSA) is 73.7 Å². The number of para-hydroxylation sites is 3. The number of hydrogen-bond donors (Lipinski definition) is 0. The van der Waals surface area contributed by atoms with Crippen molar-refractivity contribution in [3.8, 4) is 11.4 Å². The Balaban J connectivity index is 1.97. The van der Waals surface area contributed by atoms with E-state index in [0.29, 0.717) is 53.3 Å².